The van der Waals surface area contributed by atoms with Gasteiger partial charge in [0.05, 0.1) is 19.8 Å². The molecular weight excluding hydrogens is 366 g/mol. The molecule has 1 amide bonds. The maximum atomic E-state index is 12.5. The van der Waals surface area contributed by atoms with E-state index in [-0.39, 0.29) is 5.91 Å². The average Bonchev–Trinajstić information content (AvgIpc) is 2.74. The molecular formula is C23H25N3O3. The Balaban J connectivity index is 1.62. The number of aryl methyl sites for hydroxylation is 2. The summed E-state index contributed by atoms with van der Waals surface area (Å²) in [7, 11) is 3.22. The number of anilines is 2. The lowest BCUT2D eigenvalue weighted by Gasteiger charge is -2.11. The fourth-order valence-corrected chi connectivity index (χ4v) is 2.96. The van der Waals surface area contributed by atoms with E-state index < -0.39 is 0 Å². The molecule has 0 fully saturated rings. The van der Waals surface area contributed by atoms with E-state index in [4.69, 9.17) is 9.47 Å². The van der Waals surface area contributed by atoms with Gasteiger partial charge >= 0.3 is 0 Å². The number of hydrogen-bond donors (Lipinski definition) is 2. The third-order valence-electron chi connectivity index (χ3n) is 4.58. The summed E-state index contributed by atoms with van der Waals surface area (Å²) in [5, 5.41) is 6.17. The summed E-state index contributed by atoms with van der Waals surface area (Å²) in [5.41, 5.74) is 4.52. The molecule has 1 heterocycles. The number of rotatable bonds is 7. The second-order valence-corrected chi connectivity index (χ2v) is 6.75. The minimum atomic E-state index is -0.184. The molecule has 0 saturated heterocycles. The zero-order chi connectivity index (χ0) is 20.8. The molecule has 2 aromatic carbocycles. The number of ether oxygens (including phenoxy) is 2. The van der Waals surface area contributed by atoms with Crippen LogP contribution in [0.5, 0.6) is 11.5 Å². The van der Waals surface area contributed by atoms with Gasteiger partial charge < -0.3 is 20.1 Å². The Hall–Kier alpha value is -3.54. The molecule has 29 heavy (non-hydrogen) atoms. The lowest BCUT2D eigenvalue weighted by Crippen LogP contribution is -2.13. The van der Waals surface area contributed by atoms with Crippen molar-refractivity contribution >= 4 is 17.4 Å². The van der Waals surface area contributed by atoms with Crippen LogP contribution < -0.4 is 20.1 Å². The van der Waals surface area contributed by atoms with Gasteiger partial charge in [-0.15, -0.1) is 0 Å². The number of amides is 1. The van der Waals surface area contributed by atoms with Gasteiger partial charge in [0.2, 0.25) is 0 Å². The highest BCUT2D eigenvalue weighted by molar-refractivity contribution is 6.04. The number of benzene rings is 2. The molecule has 0 spiro atoms. The van der Waals surface area contributed by atoms with E-state index in [0.29, 0.717) is 29.4 Å². The molecule has 3 aromatic rings. The van der Waals surface area contributed by atoms with Crippen LogP contribution in [0.3, 0.4) is 0 Å². The summed E-state index contributed by atoms with van der Waals surface area (Å²) in [6.45, 7) is 4.57. The monoisotopic (exact) mass is 391 g/mol. The topological polar surface area (TPSA) is 72.5 Å². The second kappa shape index (κ2) is 9.10. The van der Waals surface area contributed by atoms with Crippen LogP contribution in [-0.4, -0.2) is 25.1 Å². The van der Waals surface area contributed by atoms with Gasteiger partial charge in [0.25, 0.3) is 5.91 Å². The Labute approximate surface area is 170 Å². The molecule has 0 aliphatic carbocycles. The molecule has 6 nitrogen and oxygen atoms in total. The first-order valence-electron chi connectivity index (χ1n) is 9.29. The first kappa shape index (κ1) is 20.2. The fourth-order valence-electron chi connectivity index (χ4n) is 2.96. The maximum Gasteiger partial charge on any atom is 0.257 e. The van der Waals surface area contributed by atoms with Crippen molar-refractivity contribution < 1.29 is 14.3 Å². The average molecular weight is 391 g/mol. The minimum Gasteiger partial charge on any atom is -0.493 e. The third-order valence-corrected chi connectivity index (χ3v) is 4.58. The predicted octanol–water partition coefficient (Wildman–Crippen LogP) is 4.58. The van der Waals surface area contributed by atoms with E-state index in [2.05, 4.69) is 15.6 Å². The highest BCUT2D eigenvalue weighted by Gasteiger charge is 2.09. The molecule has 0 saturated carbocycles. The third kappa shape index (κ3) is 5.04. The van der Waals surface area contributed by atoms with E-state index in [9.17, 15) is 4.79 Å². The van der Waals surface area contributed by atoms with Crippen molar-refractivity contribution in [2.45, 2.75) is 20.4 Å². The number of pyridine rings is 1. The van der Waals surface area contributed by atoms with Crippen molar-refractivity contribution in [2.75, 3.05) is 24.9 Å². The summed E-state index contributed by atoms with van der Waals surface area (Å²) < 4.78 is 10.6. The number of aromatic nitrogens is 1. The summed E-state index contributed by atoms with van der Waals surface area (Å²) >= 11 is 0. The van der Waals surface area contributed by atoms with Gasteiger partial charge in [-0.2, -0.15) is 0 Å². The number of hydrogen-bond acceptors (Lipinski definition) is 5. The normalized spacial score (nSPS) is 10.3. The Morgan fingerprint density at radius 2 is 1.76 bits per heavy atom. The molecule has 0 bridgehead atoms. The molecule has 2 N–H and O–H groups in total. The summed E-state index contributed by atoms with van der Waals surface area (Å²) in [6, 6.07) is 15.2. The quantitative estimate of drug-likeness (QED) is 0.617. The molecule has 0 unspecified atom stereocenters. The van der Waals surface area contributed by atoms with E-state index in [1.165, 1.54) is 0 Å². The van der Waals surface area contributed by atoms with Crippen LogP contribution in [-0.2, 0) is 6.54 Å². The van der Waals surface area contributed by atoms with Gasteiger partial charge in [-0.25, -0.2) is 4.98 Å². The fraction of sp³-hybridized carbons (Fsp3) is 0.217. The van der Waals surface area contributed by atoms with E-state index in [1.54, 1.807) is 32.5 Å². The lowest BCUT2D eigenvalue weighted by molar-refractivity contribution is 0.102. The van der Waals surface area contributed by atoms with Crippen molar-refractivity contribution in [3.63, 3.8) is 0 Å². The minimum absolute atomic E-state index is 0.184. The van der Waals surface area contributed by atoms with Crippen molar-refractivity contribution in [3.05, 3.63) is 77.0 Å². The number of carbonyl (C=O) groups excluding carboxylic acids is 1. The van der Waals surface area contributed by atoms with Crippen LogP contribution in [0.25, 0.3) is 0 Å². The van der Waals surface area contributed by atoms with Crippen LogP contribution in [0.15, 0.2) is 54.7 Å². The molecule has 0 aliphatic heterocycles. The number of carbonyl (C=O) groups is 1. The van der Waals surface area contributed by atoms with Crippen LogP contribution >= 0.6 is 0 Å². The van der Waals surface area contributed by atoms with Crippen LogP contribution in [0.2, 0.25) is 0 Å². The predicted molar refractivity (Wildman–Crippen MR) is 115 cm³/mol. The van der Waals surface area contributed by atoms with Crippen LogP contribution in [0.1, 0.15) is 27.0 Å². The Morgan fingerprint density at radius 3 is 2.41 bits per heavy atom. The second-order valence-electron chi connectivity index (χ2n) is 6.75. The largest absolute Gasteiger partial charge is 0.493 e. The first-order chi connectivity index (χ1) is 14.0. The molecule has 150 valence electrons. The molecule has 1 aromatic heterocycles. The van der Waals surface area contributed by atoms with E-state index in [1.807, 2.05) is 50.2 Å². The number of nitrogens with zero attached hydrogens (tertiary/aromatic N) is 1. The standard InChI is InChI=1S/C23H25N3O3/c1-15-5-8-19(16(2)11-15)26-23(27)18-7-10-22(25-14-18)24-13-17-6-9-20(28-3)21(12-17)29-4/h5-12,14H,13H2,1-4H3,(H,24,25)(H,26,27). The van der Waals surface area contributed by atoms with Gasteiger partial charge in [0, 0.05) is 18.4 Å². The van der Waals surface area contributed by atoms with Gasteiger partial charge in [0.1, 0.15) is 5.82 Å². The summed E-state index contributed by atoms with van der Waals surface area (Å²) in [5.74, 6) is 1.87. The smallest absolute Gasteiger partial charge is 0.257 e. The van der Waals surface area contributed by atoms with Crippen molar-refractivity contribution in [3.8, 4) is 11.5 Å². The molecule has 6 heteroatoms. The van der Waals surface area contributed by atoms with Gasteiger partial charge in [-0.05, 0) is 55.3 Å². The maximum absolute atomic E-state index is 12.5. The number of methoxy groups -OCH3 is 2. The summed E-state index contributed by atoms with van der Waals surface area (Å²) in [4.78, 5) is 16.8. The highest BCUT2D eigenvalue weighted by atomic mass is 16.5. The van der Waals surface area contributed by atoms with E-state index >= 15 is 0 Å². The Morgan fingerprint density at radius 1 is 0.966 bits per heavy atom. The van der Waals surface area contributed by atoms with Crippen molar-refractivity contribution in [1.82, 2.24) is 4.98 Å². The van der Waals surface area contributed by atoms with Crippen LogP contribution in [0, 0.1) is 13.8 Å². The Bertz CT molecular complexity index is 1000. The van der Waals surface area contributed by atoms with Gasteiger partial charge in [0.15, 0.2) is 11.5 Å². The molecule has 0 aliphatic rings. The van der Waals surface area contributed by atoms with E-state index in [0.717, 1.165) is 22.4 Å². The Kier molecular flexibility index (Phi) is 6.34. The summed E-state index contributed by atoms with van der Waals surface area (Å²) in [6.07, 6.45) is 1.57. The number of nitrogens with one attached hydrogen (secondary N) is 2. The zero-order valence-electron chi connectivity index (χ0n) is 17.1. The van der Waals surface area contributed by atoms with Crippen molar-refractivity contribution in [2.24, 2.45) is 0 Å². The lowest BCUT2D eigenvalue weighted by atomic mass is 10.1. The molecule has 3 rings (SSSR count). The van der Waals surface area contributed by atoms with Gasteiger partial charge in [-0.1, -0.05) is 23.8 Å². The highest BCUT2D eigenvalue weighted by Crippen LogP contribution is 2.27. The van der Waals surface area contributed by atoms with Crippen LogP contribution in [0.4, 0.5) is 11.5 Å². The first-order valence-corrected chi connectivity index (χ1v) is 9.29. The molecule has 0 atom stereocenters. The molecule has 0 radical (unpaired) electrons. The SMILES string of the molecule is COc1ccc(CNc2ccc(C(=O)Nc3ccc(C)cc3C)cn2)cc1OC. The van der Waals surface area contributed by atoms with Gasteiger partial charge in [-0.3, -0.25) is 4.79 Å². The van der Waals surface area contributed by atoms with Crippen molar-refractivity contribution in [1.29, 1.82) is 0 Å². The zero-order valence-corrected chi connectivity index (χ0v) is 17.1.